The molecule has 2 rings (SSSR count). The first-order valence-electron chi connectivity index (χ1n) is 7.09. The molecule has 0 aliphatic heterocycles. The Morgan fingerprint density at radius 1 is 1.04 bits per heavy atom. The smallest absolute Gasteiger partial charge is 0.330 e. The van der Waals surface area contributed by atoms with E-state index in [2.05, 4.69) is 5.32 Å². The molecule has 0 aromatic heterocycles. The summed E-state index contributed by atoms with van der Waals surface area (Å²) < 4.78 is 10.5. The van der Waals surface area contributed by atoms with Gasteiger partial charge < -0.3 is 14.8 Å². The van der Waals surface area contributed by atoms with Crippen LogP contribution in [0.4, 0.5) is 5.69 Å². The highest BCUT2D eigenvalue weighted by atomic mass is 16.5. The van der Waals surface area contributed by atoms with E-state index in [1.54, 1.807) is 37.3 Å². The van der Waals surface area contributed by atoms with Crippen molar-refractivity contribution in [1.29, 1.82) is 0 Å². The third-order valence-corrected chi connectivity index (χ3v) is 2.74. The van der Waals surface area contributed by atoms with Crippen molar-refractivity contribution in [3.05, 3.63) is 66.7 Å². The Hall–Kier alpha value is -3.08. The van der Waals surface area contributed by atoms with Gasteiger partial charge in [-0.15, -0.1) is 0 Å². The van der Waals surface area contributed by atoms with Crippen molar-refractivity contribution in [3.63, 3.8) is 0 Å². The lowest BCUT2D eigenvalue weighted by molar-refractivity contribution is -0.142. The monoisotopic (exact) mass is 311 g/mol. The number of para-hydroxylation sites is 1. The maximum atomic E-state index is 11.7. The molecule has 0 unspecified atom stereocenters. The van der Waals surface area contributed by atoms with Crippen molar-refractivity contribution < 1.29 is 19.1 Å². The minimum absolute atomic E-state index is 0.340. The van der Waals surface area contributed by atoms with E-state index in [0.717, 1.165) is 0 Å². The number of nitrogens with one attached hydrogen (secondary N) is 1. The van der Waals surface area contributed by atoms with E-state index in [0.29, 0.717) is 17.2 Å². The van der Waals surface area contributed by atoms with Crippen LogP contribution in [-0.4, -0.2) is 18.5 Å². The number of esters is 1. The summed E-state index contributed by atoms with van der Waals surface area (Å²) in [6.45, 7) is 1.35. The van der Waals surface area contributed by atoms with Crippen LogP contribution in [0.1, 0.15) is 6.92 Å². The first kappa shape index (κ1) is 16.3. The standard InChI is InChI=1S/C18H17NO4/c1-2-7-18(21)22-13-17(20)19-14-8-6-11-16(12-14)23-15-9-4-3-5-10-15/h2-12H,13H2,1H3,(H,19,20). The van der Waals surface area contributed by atoms with E-state index >= 15 is 0 Å². The summed E-state index contributed by atoms with van der Waals surface area (Å²) in [5, 5.41) is 2.65. The maximum Gasteiger partial charge on any atom is 0.330 e. The van der Waals surface area contributed by atoms with Crippen molar-refractivity contribution >= 4 is 17.6 Å². The molecule has 0 saturated heterocycles. The number of carbonyl (C=O) groups is 2. The zero-order valence-corrected chi connectivity index (χ0v) is 12.7. The molecule has 0 heterocycles. The van der Waals surface area contributed by atoms with Gasteiger partial charge in [-0.25, -0.2) is 4.79 Å². The van der Waals surface area contributed by atoms with Crippen LogP contribution in [0.25, 0.3) is 0 Å². The Morgan fingerprint density at radius 2 is 1.78 bits per heavy atom. The van der Waals surface area contributed by atoms with E-state index in [4.69, 9.17) is 9.47 Å². The average molecular weight is 311 g/mol. The maximum absolute atomic E-state index is 11.7. The molecule has 0 atom stereocenters. The Bertz CT molecular complexity index is 695. The predicted octanol–water partition coefficient (Wildman–Crippen LogP) is 3.54. The molecule has 0 radical (unpaired) electrons. The van der Waals surface area contributed by atoms with Crippen LogP contribution in [0.15, 0.2) is 66.7 Å². The van der Waals surface area contributed by atoms with Crippen molar-refractivity contribution in [2.24, 2.45) is 0 Å². The fraction of sp³-hybridized carbons (Fsp3) is 0.111. The second-order valence-corrected chi connectivity index (χ2v) is 4.60. The number of ether oxygens (including phenoxy) is 2. The third-order valence-electron chi connectivity index (χ3n) is 2.74. The Morgan fingerprint density at radius 3 is 2.52 bits per heavy atom. The van der Waals surface area contributed by atoms with Crippen molar-refractivity contribution in [1.82, 2.24) is 0 Å². The lowest BCUT2D eigenvalue weighted by Crippen LogP contribution is -2.20. The van der Waals surface area contributed by atoms with Gasteiger partial charge in [-0.1, -0.05) is 30.3 Å². The van der Waals surface area contributed by atoms with E-state index in [-0.39, 0.29) is 6.61 Å². The number of anilines is 1. The Balaban J connectivity index is 1.92. The third kappa shape index (κ3) is 5.67. The number of rotatable bonds is 6. The molecule has 2 aromatic carbocycles. The summed E-state index contributed by atoms with van der Waals surface area (Å²) in [6, 6.07) is 16.3. The van der Waals surface area contributed by atoms with Crippen LogP contribution >= 0.6 is 0 Å². The molecule has 0 saturated carbocycles. The molecule has 5 heteroatoms. The highest BCUT2D eigenvalue weighted by Gasteiger charge is 2.06. The molecule has 0 fully saturated rings. The zero-order valence-electron chi connectivity index (χ0n) is 12.7. The molecule has 0 aliphatic carbocycles. The SMILES string of the molecule is CC=CC(=O)OCC(=O)Nc1cccc(Oc2ccccc2)c1. The summed E-state index contributed by atoms with van der Waals surface area (Å²) in [6.07, 6.45) is 2.80. The fourth-order valence-electron chi connectivity index (χ4n) is 1.78. The van der Waals surface area contributed by atoms with Crippen molar-refractivity contribution in [2.75, 3.05) is 11.9 Å². The van der Waals surface area contributed by atoms with Gasteiger partial charge in [0.2, 0.25) is 0 Å². The molecule has 118 valence electrons. The number of carbonyl (C=O) groups excluding carboxylic acids is 2. The van der Waals surface area contributed by atoms with Crippen LogP contribution < -0.4 is 10.1 Å². The number of hydrogen-bond acceptors (Lipinski definition) is 4. The predicted molar refractivity (Wildman–Crippen MR) is 87.4 cm³/mol. The molecule has 0 aliphatic rings. The molecular weight excluding hydrogens is 294 g/mol. The van der Waals surface area contributed by atoms with Crippen molar-refractivity contribution in [2.45, 2.75) is 6.92 Å². The summed E-state index contributed by atoms with van der Waals surface area (Å²) in [5.74, 6) is 0.333. The van der Waals surface area contributed by atoms with Gasteiger partial charge in [0, 0.05) is 17.8 Å². The summed E-state index contributed by atoms with van der Waals surface area (Å²) in [7, 11) is 0. The van der Waals surface area contributed by atoms with Gasteiger partial charge >= 0.3 is 5.97 Å². The quantitative estimate of drug-likeness (QED) is 0.654. The van der Waals surface area contributed by atoms with Crippen LogP contribution in [0.2, 0.25) is 0 Å². The summed E-state index contributed by atoms with van der Waals surface area (Å²) >= 11 is 0. The summed E-state index contributed by atoms with van der Waals surface area (Å²) in [5.41, 5.74) is 0.561. The molecule has 0 bridgehead atoms. The minimum Gasteiger partial charge on any atom is -0.457 e. The second kappa shape index (κ2) is 8.38. The molecule has 2 aromatic rings. The van der Waals surface area contributed by atoms with Gasteiger partial charge in [0.05, 0.1) is 0 Å². The topological polar surface area (TPSA) is 64.6 Å². The Labute approximate surface area is 134 Å². The number of allylic oxidation sites excluding steroid dienone is 1. The highest BCUT2D eigenvalue weighted by molar-refractivity contribution is 5.93. The lowest BCUT2D eigenvalue weighted by atomic mass is 10.3. The average Bonchev–Trinajstić information content (AvgIpc) is 2.55. The minimum atomic E-state index is -0.552. The van der Waals surface area contributed by atoms with Gasteiger partial charge in [0.1, 0.15) is 11.5 Å². The molecule has 1 amide bonds. The first-order valence-corrected chi connectivity index (χ1v) is 7.09. The molecular formula is C18H17NO4. The first-order chi connectivity index (χ1) is 11.2. The number of hydrogen-bond donors (Lipinski definition) is 1. The van der Waals surface area contributed by atoms with Gasteiger partial charge in [-0.2, -0.15) is 0 Å². The van der Waals surface area contributed by atoms with E-state index in [9.17, 15) is 9.59 Å². The van der Waals surface area contributed by atoms with Crippen molar-refractivity contribution in [3.8, 4) is 11.5 Å². The number of benzene rings is 2. The molecule has 23 heavy (non-hydrogen) atoms. The lowest BCUT2D eigenvalue weighted by Gasteiger charge is -2.09. The van der Waals surface area contributed by atoms with E-state index in [1.165, 1.54) is 6.08 Å². The van der Waals surface area contributed by atoms with Crippen LogP contribution in [0, 0.1) is 0 Å². The van der Waals surface area contributed by atoms with Crippen LogP contribution in [0.3, 0.4) is 0 Å². The van der Waals surface area contributed by atoms with Crippen LogP contribution in [0.5, 0.6) is 11.5 Å². The molecule has 5 nitrogen and oxygen atoms in total. The molecule has 1 N–H and O–H groups in total. The van der Waals surface area contributed by atoms with E-state index < -0.39 is 11.9 Å². The van der Waals surface area contributed by atoms with E-state index in [1.807, 2.05) is 30.3 Å². The largest absolute Gasteiger partial charge is 0.457 e. The summed E-state index contributed by atoms with van der Waals surface area (Å²) in [4.78, 5) is 22.9. The highest BCUT2D eigenvalue weighted by Crippen LogP contribution is 2.23. The number of amides is 1. The second-order valence-electron chi connectivity index (χ2n) is 4.60. The van der Waals surface area contributed by atoms with Gasteiger partial charge in [-0.05, 0) is 31.2 Å². The van der Waals surface area contributed by atoms with Gasteiger partial charge in [0.15, 0.2) is 6.61 Å². The van der Waals surface area contributed by atoms with Gasteiger partial charge in [-0.3, -0.25) is 4.79 Å². The van der Waals surface area contributed by atoms with Gasteiger partial charge in [0.25, 0.3) is 5.91 Å². The normalized spacial score (nSPS) is 10.3. The zero-order chi connectivity index (χ0) is 16.5. The van der Waals surface area contributed by atoms with Crippen LogP contribution in [-0.2, 0) is 14.3 Å². The fourth-order valence-corrected chi connectivity index (χ4v) is 1.78. The Kier molecular flexibility index (Phi) is 5.94. The molecule has 0 spiro atoms.